The lowest BCUT2D eigenvalue weighted by Gasteiger charge is -2.60. The third kappa shape index (κ3) is 4.85. The van der Waals surface area contributed by atoms with Crippen molar-refractivity contribution in [2.75, 3.05) is 12.9 Å². The lowest BCUT2D eigenvalue weighted by atomic mass is 9.52. The predicted molar refractivity (Wildman–Crippen MR) is 128 cm³/mol. The molecule has 2 aromatic carbocycles. The molecule has 0 atom stereocenters. The molecule has 35 heavy (non-hydrogen) atoms. The number of amides is 1. The quantitative estimate of drug-likeness (QED) is 0.528. The van der Waals surface area contributed by atoms with Crippen LogP contribution in [-0.4, -0.2) is 43.6 Å². The van der Waals surface area contributed by atoms with E-state index < -0.39 is 22.4 Å². The summed E-state index contributed by atoms with van der Waals surface area (Å²) < 4.78 is 43.0. The van der Waals surface area contributed by atoms with Gasteiger partial charge in [0.05, 0.1) is 10.5 Å². The average Bonchev–Trinajstić information content (AvgIpc) is 2.80. The molecule has 4 aliphatic carbocycles. The molecule has 4 saturated carbocycles. The Bertz CT molecular complexity index is 1210. The Hall–Kier alpha value is -2.74. The van der Waals surface area contributed by atoms with Gasteiger partial charge < -0.3 is 9.64 Å². The molecule has 0 spiro atoms. The first-order chi connectivity index (χ1) is 16.6. The molecule has 0 aromatic heterocycles. The average molecular weight is 500 g/mol. The fraction of sp³-hybridized carbons (Fsp3) is 0.481. The maximum absolute atomic E-state index is 13.6. The second-order valence-corrected chi connectivity index (χ2v) is 12.6. The number of carbonyl (C=O) groups is 2. The molecule has 0 N–H and O–H groups in total. The smallest absolute Gasteiger partial charge is 0.339 e. The molecule has 0 heterocycles. The van der Waals surface area contributed by atoms with Crippen molar-refractivity contribution in [3.8, 4) is 0 Å². The predicted octanol–water partition coefficient (Wildman–Crippen LogP) is 4.38. The van der Waals surface area contributed by atoms with Crippen LogP contribution in [-0.2, 0) is 25.9 Å². The van der Waals surface area contributed by atoms with E-state index in [1.807, 2.05) is 4.90 Å². The number of hydrogen-bond donors (Lipinski definition) is 0. The van der Waals surface area contributed by atoms with Crippen LogP contribution in [0.15, 0.2) is 53.4 Å². The van der Waals surface area contributed by atoms with E-state index >= 15 is 0 Å². The van der Waals surface area contributed by atoms with Crippen molar-refractivity contribution in [3.63, 3.8) is 0 Å². The maximum atomic E-state index is 13.6. The minimum Gasteiger partial charge on any atom is -0.452 e. The maximum Gasteiger partial charge on any atom is 0.339 e. The molecule has 4 fully saturated rings. The monoisotopic (exact) mass is 499 g/mol. The van der Waals surface area contributed by atoms with Gasteiger partial charge in [0.25, 0.3) is 5.91 Å². The first kappa shape index (κ1) is 24.0. The lowest BCUT2D eigenvalue weighted by Crippen LogP contribution is -2.61. The van der Waals surface area contributed by atoms with Gasteiger partial charge in [-0.05, 0) is 86.1 Å². The summed E-state index contributed by atoms with van der Waals surface area (Å²) in [5, 5.41) is 0. The number of carbonyl (C=O) groups excluding carboxylic acids is 2. The normalized spacial score (nSPS) is 27.0. The van der Waals surface area contributed by atoms with Gasteiger partial charge in [0.1, 0.15) is 5.82 Å². The van der Waals surface area contributed by atoms with Crippen LogP contribution in [0.3, 0.4) is 0 Å². The fourth-order valence-corrected chi connectivity index (χ4v) is 7.81. The van der Waals surface area contributed by atoms with E-state index in [1.54, 1.807) is 18.2 Å². The molecule has 6 rings (SSSR count). The molecule has 0 radical (unpaired) electrons. The topological polar surface area (TPSA) is 80.7 Å². The first-order valence-electron chi connectivity index (χ1n) is 12.1. The van der Waals surface area contributed by atoms with Gasteiger partial charge in [-0.2, -0.15) is 0 Å². The Labute approximate surface area is 205 Å². The van der Waals surface area contributed by atoms with Gasteiger partial charge >= 0.3 is 5.97 Å². The molecule has 0 unspecified atom stereocenters. The zero-order valence-electron chi connectivity index (χ0n) is 19.8. The summed E-state index contributed by atoms with van der Waals surface area (Å²) >= 11 is 0. The molecule has 4 aliphatic rings. The fourth-order valence-electron chi connectivity index (χ4n) is 6.93. The van der Waals surface area contributed by atoms with Crippen LogP contribution in [0.25, 0.3) is 0 Å². The molecule has 0 saturated heterocycles. The SMILES string of the molecule is CS(=O)(=O)c1ccccc1C(=O)OCC(=O)N(Cc1ccc(F)cc1)C12CC3CC(CC(C3)C1)C2. The summed E-state index contributed by atoms with van der Waals surface area (Å²) in [4.78, 5) is 28.1. The Morgan fingerprint density at radius 3 is 2.11 bits per heavy atom. The Morgan fingerprint density at radius 2 is 1.54 bits per heavy atom. The van der Waals surface area contributed by atoms with Gasteiger partial charge in [-0.1, -0.05) is 24.3 Å². The Balaban J connectivity index is 1.38. The third-order valence-corrected chi connectivity index (χ3v) is 9.12. The van der Waals surface area contributed by atoms with Crippen LogP contribution >= 0.6 is 0 Å². The summed E-state index contributed by atoms with van der Waals surface area (Å²) in [6.07, 6.45) is 7.51. The second-order valence-electron chi connectivity index (χ2n) is 10.6. The molecule has 1 amide bonds. The molecule has 8 heteroatoms. The summed E-state index contributed by atoms with van der Waals surface area (Å²) in [5.41, 5.74) is 0.462. The third-order valence-electron chi connectivity index (χ3n) is 7.97. The Morgan fingerprint density at radius 1 is 0.971 bits per heavy atom. The molecule has 6 nitrogen and oxygen atoms in total. The van der Waals surface area contributed by atoms with Crippen molar-refractivity contribution in [2.45, 2.75) is 55.5 Å². The van der Waals surface area contributed by atoms with E-state index in [4.69, 9.17) is 4.74 Å². The molecule has 0 aliphatic heterocycles. The highest BCUT2D eigenvalue weighted by Crippen LogP contribution is 2.58. The van der Waals surface area contributed by atoms with Crippen molar-refractivity contribution in [2.24, 2.45) is 17.8 Å². The van der Waals surface area contributed by atoms with Crippen LogP contribution in [0.4, 0.5) is 4.39 Å². The zero-order valence-corrected chi connectivity index (χ0v) is 20.6. The number of benzene rings is 2. The van der Waals surface area contributed by atoms with E-state index in [2.05, 4.69) is 0 Å². The van der Waals surface area contributed by atoms with Gasteiger partial charge in [0.15, 0.2) is 16.4 Å². The molecule has 2 aromatic rings. The number of nitrogens with zero attached hydrogens (tertiary/aromatic N) is 1. The van der Waals surface area contributed by atoms with Crippen LogP contribution in [0, 0.1) is 23.6 Å². The van der Waals surface area contributed by atoms with Gasteiger partial charge in [-0.25, -0.2) is 17.6 Å². The van der Waals surface area contributed by atoms with Crippen molar-refractivity contribution in [1.82, 2.24) is 4.90 Å². The van der Waals surface area contributed by atoms with Crippen LogP contribution in [0.2, 0.25) is 0 Å². The summed E-state index contributed by atoms with van der Waals surface area (Å²) in [6.45, 7) is -0.150. The van der Waals surface area contributed by atoms with Crippen molar-refractivity contribution < 1.29 is 27.1 Å². The largest absolute Gasteiger partial charge is 0.452 e. The molecule has 4 bridgehead atoms. The van der Waals surface area contributed by atoms with Crippen molar-refractivity contribution in [3.05, 3.63) is 65.5 Å². The van der Waals surface area contributed by atoms with Gasteiger partial charge in [0, 0.05) is 18.3 Å². The van der Waals surface area contributed by atoms with Crippen LogP contribution in [0.5, 0.6) is 0 Å². The number of hydrogen-bond acceptors (Lipinski definition) is 5. The minimum absolute atomic E-state index is 0.0808. The highest BCUT2D eigenvalue weighted by molar-refractivity contribution is 7.90. The zero-order chi connectivity index (χ0) is 24.8. The van der Waals surface area contributed by atoms with Crippen LogP contribution < -0.4 is 0 Å². The van der Waals surface area contributed by atoms with E-state index in [0.29, 0.717) is 24.3 Å². The second kappa shape index (κ2) is 9.04. The molecule has 186 valence electrons. The molecular weight excluding hydrogens is 469 g/mol. The number of esters is 1. The van der Waals surface area contributed by atoms with E-state index in [0.717, 1.165) is 31.1 Å². The first-order valence-corrected chi connectivity index (χ1v) is 14.0. The Kier molecular flexibility index (Phi) is 6.20. The number of rotatable bonds is 7. The highest BCUT2D eigenvalue weighted by Gasteiger charge is 2.54. The van der Waals surface area contributed by atoms with E-state index in [9.17, 15) is 22.4 Å². The number of halogens is 1. The van der Waals surface area contributed by atoms with Crippen LogP contribution in [0.1, 0.15) is 54.4 Å². The lowest BCUT2D eigenvalue weighted by molar-refractivity contribution is -0.155. The summed E-state index contributed by atoms with van der Waals surface area (Å²) in [7, 11) is -3.64. The van der Waals surface area contributed by atoms with Gasteiger partial charge in [-0.3, -0.25) is 4.79 Å². The van der Waals surface area contributed by atoms with Gasteiger partial charge in [0.2, 0.25) is 0 Å². The number of sulfone groups is 1. The van der Waals surface area contributed by atoms with E-state index in [1.165, 1.54) is 49.6 Å². The van der Waals surface area contributed by atoms with E-state index in [-0.39, 0.29) is 27.7 Å². The standard InChI is InChI=1S/C27H30FNO5S/c1-35(32,33)24-5-3-2-4-23(24)26(31)34-17-25(30)29(16-18-6-8-22(28)9-7-18)27-13-19-10-20(14-27)12-21(11-19)15-27/h2-9,19-21H,10-17H2,1H3. The summed E-state index contributed by atoms with van der Waals surface area (Å²) in [5.74, 6) is 0.338. The highest BCUT2D eigenvalue weighted by atomic mass is 32.2. The minimum atomic E-state index is -3.64. The van der Waals surface area contributed by atoms with Crippen molar-refractivity contribution >= 4 is 21.7 Å². The van der Waals surface area contributed by atoms with Crippen molar-refractivity contribution in [1.29, 1.82) is 0 Å². The number of ether oxygens (including phenoxy) is 1. The van der Waals surface area contributed by atoms with Gasteiger partial charge in [-0.15, -0.1) is 0 Å². The summed E-state index contributed by atoms with van der Waals surface area (Å²) in [6, 6.07) is 12.0. The molecular formula is C27H30FNO5S.